The predicted octanol–water partition coefficient (Wildman–Crippen LogP) is 3.94. The second-order valence-corrected chi connectivity index (χ2v) is 6.26. The lowest BCUT2D eigenvalue weighted by atomic mass is 10.1. The Morgan fingerprint density at radius 1 is 1.15 bits per heavy atom. The molecule has 4 heteroatoms. The summed E-state index contributed by atoms with van der Waals surface area (Å²) in [6.07, 6.45) is 4.41. The molecule has 2 aromatic carbocycles. The van der Waals surface area contributed by atoms with Gasteiger partial charge in [-0.15, -0.1) is 6.58 Å². The normalized spacial score (nSPS) is 11.5. The van der Waals surface area contributed by atoms with Gasteiger partial charge in [0.05, 0.1) is 7.11 Å². The Kier molecular flexibility index (Phi) is 7.75. The van der Waals surface area contributed by atoms with E-state index in [2.05, 4.69) is 24.0 Å². The largest absolute Gasteiger partial charge is 0.493 e. The molecular formula is C22H27NO3. The highest BCUT2D eigenvalue weighted by atomic mass is 16.5. The van der Waals surface area contributed by atoms with Crippen molar-refractivity contribution in [3.63, 3.8) is 0 Å². The molecule has 0 spiro atoms. The van der Waals surface area contributed by atoms with Crippen LogP contribution in [0.2, 0.25) is 0 Å². The highest BCUT2D eigenvalue weighted by Crippen LogP contribution is 2.28. The van der Waals surface area contributed by atoms with Gasteiger partial charge in [-0.1, -0.05) is 42.5 Å². The van der Waals surface area contributed by atoms with Gasteiger partial charge in [-0.3, -0.25) is 4.79 Å². The van der Waals surface area contributed by atoms with Crippen LogP contribution in [0.5, 0.6) is 11.5 Å². The molecule has 0 aliphatic rings. The number of carbonyl (C=O) groups is 1. The summed E-state index contributed by atoms with van der Waals surface area (Å²) in [4.78, 5) is 12.1. The summed E-state index contributed by atoms with van der Waals surface area (Å²) in [7, 11) is 1.59. The van der Waals surface area contributed by atoms with Gasteiger partial charge in [-0.2, -0.15) is 0 Å². The molecule has 0 saturated heterocycles. The van der Waals surface area contributed by atoms with Gasteiger partial charge in [0, 0.05) is 6.04 Å². The van der Waals surface area contributed by atoms with Crippen molar-refractivity contribution < 1.29 is 14.3 Å². The van der Waals surface area contributed by atoms with Gasteiger partial charge in [0.15, 0.2) is 18.1 Å². The molecule has 0 aliphatic carbocycles. The summed E-state index contributed by atoms with van der Waals surface area (Å²) in [5, 5.41) is 2.97. The number of methoxy groups -OCH3 is 1. The van der Waals surface area contributed by atoms with E-state index in [-0.39, 0.29) is 18.6 Å². The standard InChI is InChI=1S/C22H27NO3/c1-4-8-19-13-14-20(21(15-19)25-3)26-16-22(24)23-17(2)11-12-18-9-6-5-7-10-18/h4-7,9-10,13-15,17H,1,8,11-12,16H2,2-3H3,(H,23,24). The number of carbonyl (C=O) groups excluding carboxylic acids is 1. The van der Waals surface area contributed by atoms with E-state index >= 15 is 0 Å². The van der Waals surface area contributed by atoms with Crippen LogP contribution in [0, 0.1) is 0 Å². The van der Waals surface area contributed by atoms with Crippen molar-refractivity contribution in [2.24, 2.45) is 0 Å². The quantitative estimate of drug-likeness (QED) is 0.658. The Hall–Kier alpha value is -2.75. The number of hydrogen-bond donors (Lipinski definition) is 1. The molecule has 26 heavy (non-hydrogen) atoms. The van der Waals surface area contributed by atoms with Gasteiger partial charge >= 0.3 is 0 Å². The zero-order valence-electron chi connectivity index (χ0n) is 15.5. The second-order valence-electron chi connectivity index (χ2n) is 6.26. The van der Waals surface area contributed by atoms with Crippen molar-refractivity contribution in [3.8, 4) is 11.5 Å². The van der Waals surface area contributed by atoms with Gasteiger partial charge in [-0.05, 0) is 49.4 Å². The molecule has 0 aromatic heterocycles. The van der Waals surface area contributed by atoms with Crippen LogP contribution in [0.25, 0.3) is 0 Å². The van der Waals surface area contributed by atoms with E-state index in [9.17, 15) is 4.79 Å². The van der Waals surface area contributed by atoms with Crippen molar-refractivity contribution in [1.82, 2.24) is 5.32 Å². The molecule has 2 rings (SSSR count). The Morgan fingerprint density at radius 2 is 1.92 bits per heavy atom. The maximum Gasteiger partial charge on any atom is 0.258 e. The number of benzene rings is 2. The third kappa shape index (κ3) is 6.28. The second kappa shape index (κ2) is 10.3. The van der Waals surface area contributed by atoms with Crippen LogP contribution >= 0.6 is 0 Å². The van der Waals surface area contributed by atoms with Crippen LogP contribution < -0.4 is 14.8 Å². The van der Waals surface area contributed by atoms with E-state index < -0.39 is 0 Å². The molecule has 0 saturated carbocycles. The lowest BCUT2D eigenvalue weighted by Crippen LogP contribution is -2.36. The minimum Gasteiger partial charge on any atom is -0.493 e. The molecule has 0 aliphatic heterocycles. The van der Waals surface area contributed by atoms with Crippen LogP contribution in [0.4, 0.5) is 0 Å². The van der Waals surface area contributed by atoms with Crippen molar-refractivity contribution in [3.05, 3.63) is 72.3 Å². The van der Waals surface area contributed by atoms with E-state index in [1.807, 2.05) is 49.4 Å². The summed E-state index contributed by atoms with van der Waals surface area (Å²) in [6.45, 7) is 5.70. The van der Waals surface area contributed by atoms with Gasteiger partial charge in [0.2, 0.25) is 0 Å². The Balaban J connectivity index is 1.79. The molecule has 0 radical (unpaired) electrons. The first-order chi connectivity index (χ1) is 12.6. The molecular weight excluding hydrogens is 326 g/mol. The fourth-order valence-corrected chi connectivity index (χ4v) is 2.68. The number of aryl methyl sites for hydroxylation is 1. The highest BCUT2D eigenvalue weighted by Gasteiger charge is 2.11. The summed E-state index contributed by atoms with van der Waals surface area (Å²) < 4.78 is 11.0. The first-order valence-corrected chi connectivity index (χ1v) is 8.86. The first-order valence-electron chi connectivity index (χ1n) is 8.86. The molecule has 138 valence electrons. The maximum atomic E-state index is 12.1. The van der Waals surface area contributed by atoms with Crippen LogP contribution in [0.3, 0.4) is 0 Å². The zero-order chi connectivity index (χ0) is 18.8. The number of rotatable bonds is 10. The average Bonchev–Trinajstić information content (AvgIpc) is 2.66. The Labute approximate surface area is 155 Å². The van der Waals surface area contributed by atoms with E-state index in [0.29, 0.717) is 11.5 Å². The third-order valence-electron chi connectivity index (χ3n) is 4.08. The highest BCUT2D eigenvalue weighted by molar-refractivity contribution is 5.77. The fourth-order valence-electron chi connectivity index (χ4n) is 2.68. The fraction of sp³-hybridized carbons (Fsp3) is 0.318. The SMILES string of the molecule is C=CCc1ccc(OCC(=O)NC(C)CCc2ccccc2)c(OC)c1. The van der Waals surface area contributed by atoms with Crippen LogP contribution in [-0.4, -0.2) is 25.7 Å². The number of amides is 1. The lowest BCUT2D eigenvalue weighted by Gasteiger charge is -2.15. The van der Waals surface area contributed by atoms with Crippen LogP contribution in [0.15, 0.2) is 61.2 Å². The molecule has 0 heterocycles. The van der Waals surface area contributed by atoms with Gasteiger partial charge in [-0.25, -0.2) is 0 Å². The molecule has 0 fully saturated rings. The molecule has 4 nitrogen and oxygen atoms in total. The topological polar surface area (TPSA) is 47.6 Å². The van der Waals surface area contributed by atoms with E-state index in [1.165, 1.54) is 5.56 Å². The molecule has 1 N–H and O–H groups in total. The summed E-state index contributed by atoms with van der Waals surface area (Å²) in [5.41, 5.74) is 2.36. The average molecular weight is 353 g/mol. The smallest absolute Gasteiger partial charge is 0.258 e. The van der Waals surface area contributed by atoms with E-state index in [0.717, 1.165) is 24.8 Å². The number of nitrogens with one attached hydrogen (secondary N) is 1. The summed E-state index contributed by atoms with van der Waals surface area (Å²) in [5.74, 6) is 1.05. The molecule has 0 bridgehead atoms. The van der Waals surface area contributed by atoms with E-state index in [4.69, 9.17) is 9.47 Å². The summed E-state index contributed by atoms with van der Waals surface area (Å²) in [6, 6.07) is 16.0. The minimum atomic E-state index is -0.136. The molecule has 1 atom stereocenters. The molecule has 1 unspecified atom stereocenters. The third-order valence-corrected chi connectivity index (χ3v) is 4.08. The molecule has 1 amide bonds. The monoisotopic (exact) mass is 353 g/mol. The molecule has 2 aromatic rings. The van der Waals surface area contributed by atoms with Gasteiger partial charge in [0.25, 0.3) is 5.91 Å². The lowest BCUT2D eigenvalue weighted by molar-refractivity contribution is -0.123. The van der Waals surface area contributed by atoms with Gasteiger partial charge in [0.1, 0.15) is 0 Å². The van der Waals surface area contributed by atoms with Crippen molar-refractivity contribution >= 4 is 5.91 Å². The zero-order valence-corrected chi connectivity index (χ0v) is 15.5. The minimum absolute atomic E-state index is 0.0349. The van der Waals surface area contributed by atoms with Crippen LogP contribution in [0.1, 0.15) is 24.5 Å². The Morgan fingerprint density at radius 3 is 2.62 bits per heavy atom. The number of ether oxygens (including phenoxy) is 2. The van der Waals surface area contributed by atoms with Crippen molar-refractivity contribution in [2.45, 2.75) is 32.2 Å². The van der Waals surface area contributed by atoms with Gasteiger partial charge < -0.3 is 14.8 Å². The van der Waals surface area contributed by atoms with Crippen molar-refractivity contribution in [2.75, 3.05) is 13.7 Å². The number of allylic oxidation sites excluding steroid dienone is 1. The van der Waals surface area contributed by atoms with Crippen molar-refractivity contribution in [1.29, 1.82) is 0 Å². The van der Waals surface area contributed by atoms with Crippen LogP contribution in [-0.2, 0) is 17.6 Å². The maximum absolute atomic E-state index is 12.1. The first kappa shape index (κ1) is 19.6. The Bertz CT molecular complexity index is 713. The summed E-state index contributed by atoms with van der Waals surface area (Å²) >= 11 is 0. The number of hydrogen-bond acceptors (Lipinski definition) is 3. The van der Waals surface area contributed by atoms with E-state index in [1.54, 1.807) is 7.11 Å². The predicted molar refractivity (Wildman–Crippen MR) is 105 cm³/mol.